The maximum atomic E-state index is 13.3. The van der Waals surface area contributed by atoms with Gasteiger partial charge in [0.1, 0.15) is 11.3 Å². The third kappa shape index (κ3) is 3.81. The Balaban J connectivity index is 1.15. The van der Waals surface area contributed by atoms with Crippen molar-refractivity contribution in [1.82, 2.24) is 19.9 Å². The second-order valence-electron chi connectivity index (χ2n) is 9.18. The minimum Gasteiger partial charge on any atom is -0.355 e. The first kappa shape index (κ1) is 20.8. The number of hydrogen-bond acceptors (Lipinski definition) is 4. The van der Waals surface area contributed by atoms with Crippen LogP contribution in [0.1, 0.15) is 36.4 Å². The minimum absolute atomic E-state index is 0.0171. The van der Waals surface area contributed by atoms with Crippen molar-refractivity contribution >= 4 is 17.2 Å². The molecule has 0 bridgehead atoms. The van der Waals surface area contributed by atoms with Gasteiger partial charge in [0.25, 0.3) is 0 Å². The van der Waals surface area contributed by atoms with Crippen LogP contribution in [0.15, 0.2) is 67.0 Å². The Bertz CT molecular complexity index is 1340. The summed E-state index contributed by atoms with van der Waals surface area (Å²) in [7, 11) is 0. The van der Waals surface area contributed by atoms with Gasteiger partial charge in [-0.1, -0.05) is 24.3 Å². The standard InChI is InChI=1S/C27H26FN5O/c28-21-8-5-19(6-9-21)24-17-25-26(29-13-16-33(25)31-24)32-14-11-20(12-15-32)27(34)30-23-10-7-18-3-1-2-4-22(18)23/h1-6,8-9,13,16-17,20,23H,7,10-12,14-15H2,(H,30,34)/t23-/m0/s1. The van der Waals surface area contributed by atoms with Crippen molar-refractivity contribution in [2.45, 2.75) is 31.7 Å². The summed E-state index contributed by atoms with van der Waals surface area (Å²) >= 11 is 0. The molecule has 7 heteroatoms. The zero-order chi connectivity index (χ0) is 23.1. The van der Waals surface area contributed by atoms with E-state index in [0.29, 0.717) is 0 Å². The maximum absolute atomic E-state index is 13.3. The monoisotopic (exact) mass is 455 g/mol. The lowest BCUT2D eigenvalue weighted by Crippen LogP contribution is -2.41. The third-order valence-corrected chi connectivity index (χ3v) is 7.12. The van der Waals surface area contributed by atoms with Crippen LogP contribution in [0.3, 0.4) is 0 Å². The summed E-state index contributed by atoms with van der Waals surface area (Å²) in [6.45, 7) is 1.53. The number of aromatic nitrogens is 3. The molecule has 2 aromatic heterocycles. The molecule has 0 unspecified atom stereocenters. The van der Waals surface area contributed by atoms with Crippen molar-refractivity contribution in [3.8, 4) is 11.3 Å². The van der Waals surface area contributed by atoms with E-state index in [1.165, 1.54) is 23.3 Å². The molecule has 1 amide bonds. The average molecular weight is 456 g/mol. The summed E-state index contributed by atoms with van der Waals surface area (Å²) < 4.78 is 15.1. The normalized spacial score (nSPS) is 18.3. The molecule has 1 aliphatic carbocycles. The highest BCUT2D eigenvalue weighted by Crippen LogP contribution is 2.32. The molecule has 0 radical (unpaired) electrons. The van der Waals surface area contributed by atoms with Crippen molar-refractivity contribution in [3.63, 3.8) is 0 Å². The van der Waals surface area contributed by atoms with Gasteiger partial charge in [-0.2, -0.15) is 5.10 Å². The summed E-state index contributed by atoms with van der Waals surface area (Å²) in [6, 6.07) is 16.9. The fourth-order valence-electron chi connectivity index (χ4n) is 5.26. The predicted molar refractivity (Wildman–Crippen MR) is 129 cm³/mol. The number of carbonyl (C=O) groups is 1. The predicted octanol–water partition coefficient (Wildman–Crippen LogP) is 4.56. The van der Waals surface area contributed by atoms with E-state index in [4.69, 9.17) is 0 Å². The summed E-state index contributed by atoms with van der Waals surface area (Å²) in [5.74, 6) is 0.782. The van der Waals surface area contributed by atoms with Gasteiger partial charge in [-0.3, -0.25) is 4.79 Å². The molecule has 2 aromatic carbocycles. The molecular formula is C27H26FN5O. The summed E-state index contributed by atoms with van der Waals surface area (Å²) in [5, 5.41) is 7.95. The number of carbonyl (C=O) groups excluding carboxylic acids is 1. The Morgan fingerprint density at radius 2 is 1.82 bits per heavy atom. The molecule has 0 spiro atoms. The number of amides is 1. The molecule has 6 rings (SSSR count). The van der Waals surface area contributed by atoms with E-state index in [0.717, 1.165) is 61.4 Å². The minimum atomic E-state index is -0.265. The van der Waals surface area contributed by atoms with Crippen LogP contribution in [0.5, 0.6) is 0 Å². The van der Waals surface area contributed by atoms with Crippen molar-refractivity contribution in [1.29, 1.82) is 0 Å². The van der Waals surface area contributed by atoms with Crippen LogP contribution in [0.2, 0.25) is 0 Å². The van der Waals surface area contributed by atoms with E-state index < -0.39 is 0 Å². The lowest BCUT2D eigenvalue weighted by Gasteiger charge is -2.33. The van der Waals surface area contributed by atoms with Crippen LogP contribution in [0, 0.1) is 11.7 Å². The Kier molecular flexibility index (Phi) is 5.24. The molecule has 1 atom stereocenters. The number of hydrogen-bond donors (Lipinski definition) is 1. The van der Waals surface area contributed by atoms with Gasteiger partial charge in [-0.25, -0.2) is 13.9 Å². The number of halogens is 1. The van der Waals surface area contributed by atoms with Crippen LogP contribution >= 0.6 is 0 Å². The lowest BCUT2D eigenvalue weighted by atomic mass is 9.95. The SMILES string of the molecule is O=C(N[C@H]1CCc2ccccc21)C1CCN(c2nccn3nc(-c4ccc(F)cc4)cc23)CC1. The molecule has 2 aliphatic rings. The molecule has 3 heterocycles. The van der Waals surface area contributed by atoms with E-state index >= 15 is 0 Å². The first-order chi connectivity index (χ1) is 16.7. The number of fused-ring (bicyclic) bond motifs is 2. The summed E-state index contributed by atoms with van der Waals surface area (Å²) in [6.07, 6.45) is 7.17. The summed E-state index contributed by atoms with van der Waals surface area (Å²) in [4.78, 5) is 19.9. The molecule has 0 saturated carbocycles. The average Bonchev–Trinajstić information content (AvgIpc) is 3.49. The zero-order valence-electron chi connectivity index (χ0n) is 18.8. The number of benzene rings is 2. The molecule has 172 valence electrons. The second kappa shape index (κ2) is 8.56. The van der Waals surface area contributed by atoms with E-state index in [9.17, 15) is 9.18 Å². The Morgan fingerprint density at radius 1 is 1.03 bits per heavy atom. The smallest absolute Gasteiger partial charge is 0.223 e. The largest absolute Gasteiger partial charge is 0.355 e. The molecule has 6 nitrogen and oxygen atoms in total. The number of aryl methyl sites for hydroxylation is 1. The highest BCUT2D eigenvalue weighted by molar-refractivity contribution is 5.80. The highest BCUT2D eigenvalue weighted by atomic mass is 19.1. The maximum Gasteiger partial charge on any atom is 0.223 e. The van der Waals surface area contributed by atoms with Crippen LogP contribution < -0.4 is 10.2 Å². The molecule has 1 fully saturated rings. The van der Waals surface area contributed by atoms with Crippen LogP contribution in [0.25, 0.3) is 16.8 Å². The number of nitrogens with one attached hydrogen (secondary N) is 1. The number of rotatable bonds is 4. The number of anilines is 1. The van der Waals surface area contributed by atoms with E-state index in [2.05, 4.69) is 38.5 Å². The molecule has 1 N–H and O–H groups in total. The lowest BCUT2D eigenvalue weighted by molar-refractivity contribution is -0.126. The van der Waals surface area contributed by atoms with E-state index in [-0.39, 0.29) is 23.7 Å². The Morgan fingerprint density at radius 3 is 2.65 bits per heavy atom. The van der Waals surface area contributed by atoms with Gasteiger partial charge in [0.15, 0.2) is 5.82 Å². The molecule has 34 heavy (non-hydrogen) atoms. The highest BCUT2D eigenvalue weighted by Gasteiger charge is 2.30. The van der Waals surface area contributed by atoms with Gasteiger partial charge >= 0.3 is 0 Å². The van der Waals surface area contributed by atoms with Crippen molar-refractivity contribution in [3.05, 3.63) is 83.9 Å². The van der Waals surface area contributed by atoms with Crippen LogP contribution in [-0.2, 0) is 11.2 Å². The van der Waals surface area contributed by atoms with E-state index in [1.807, 2.05) is 22.8 Å². The topological polar surface area (TPSA) is 62.5 Å². The van der Waals surface area contributed by atoms with Crippen molar-refractivity contribution < 1.29 is 9.18 Å². The van der Waals surface area contributed by atoms with E-state index in [1.54, 1.807) is 18.3 Å². The van der Waals surface area contributed by atoms with Gasteiger partial charge in [0, 0.05) is 37.0 Å². The molecule has 4 aromatic rings. The Hall–Kier alpha value is -3.74. The van der Waals surface area contributed by atoms with Crippen LogP contribution in [0.4, 0.5) is 10.2 Å². The fourth-order valence-corrected chi connectivity index (χ4v) is 5.26. The number of piperidine rings is 1. The third-order valence-electron chi connectivity index (χ3n) is 7.12. The first-order valence-electron chi connectivity index (χ1n) is 11.9. The second-order valence-corrected chi connectivity index (χ2v) is 9.18. The van der Waals surface area contributed by atoms with Crippen molar-refractivity contribution in [2.75, 3.05) is 18.0 Å². The molecule has 1 saturated heterocycles. The van der Waals surface area contributed by atoms with Gasteiger partial charge in [-0.15, -0.1) is 0 Å². The molecular weight excluding hydrogens is 429 g/mol. The molecule has 1 aliphatic heterocycles. The van der Waals surface area contributed by atoms with Gasteiger partial charge in [0.05, 0.1) is 11.7 Å². The van der Waals surface area contributed by atoms with Crippen LogP contribution in [-0.4, -0.2) is 33.6 Å². The van der Waals surface area contributed by atoms with Gasteiger partial charge < -0.3 is 10.2 Å². The van der Waals surface area contributed by atoms with Crippen molar-refractivity contribution in [2.24, 2.45) is 5.92 Å². The zero-order valence-corrected chi connectivity index (χ0v) is 18.8. The van der Waals surface area contributed by atoms with Gasteiger partial charge in [0.2, 0.25) is 5.91 Å². The first-order valence-corrected chi connectivity index (χ1v) is 11.9. The fraction of sp³-hybridized carbons (Fsp3) is 0.296. The summed E-state index contributed by atoms with van der Waals surface area (Å²) in [5.41, 5.74) is 5.16. The number of nitrogens with zero attached hydrogens (tertiary/aromatic N) is 4. The Labute approximate surface area is 197 Å². The van der Waals surface area contributed by atoms with Gasteiger partial charge in [-0.05, 0) is 67.1 Å². The quantitative estimate of drug-likeness (QED) is 0.490.